The minimum atomic E-state index is -0.631. The largest absolute Gasteiger partial charge is 0.502 e. The molecule has 0 radical (unpaired) electrons. The van der Waals surface area contributed by atoms with Gasteiger partial charge in [0.15, 0.2) is 0 Å². The van der Waals surface area contributed by atoms with Gasteiger partial charge in [-0.1, -0.05) is 18.2 Å². The van der Waals surface area contributed by atoms with Crippen LogP contribution in [0.25, 0.3) is 11.0 Å². The van der Waals surface area contributed by atoms with E-state index in [2.05, 4.69) is 9.98 Å². The lowest BCUT2D eigenvalue weighted by Crippen LogP contribution is -1.94. The number of aryl methyl sites for hydroxylation is 1. The lowest BCUT2D eigenvalue weighted by molar-refractivity contribution is -0.385. The van der Waals surface area contributed by atoms with Gasteiger partial charge in [-0.15, -0.1) is 0 Å². The van der Waals surface area contributed by atoms with Crippen LogP contribution in [-0.2, 0) is 6.54 Å². The Morgan fingerprint density at radius 1 is 1.30 bits per heavy atom. The number of fused-ring (bicyclic) bond motifs is 1. The number of hydrogen-bond acceptors (Lipinski definition) is 5. The van der Waals surface area contributed by atoms with E-state index in [4.69, 9.17) is 0 Å². The summed E-state index contributed by atoms with van der Waals surface area (Å²) in [5.74, 6) is 0.0833. The molecule has 3 aromatic rings. The van der Waals surface area contributed by atoms with Crippen molar-refractivity contribution in [2.24, 2.45) is 4.99 Å². The van der Waals surface area contributed by atoms with Gasteiger partial charge in [0.2, 0.25) is 11.7 Å². The molecule has 116 valence electrons. The molecule has 3 rings (SSSR count). The second-order valence-electron chi connectivity index (χ2n) is 4.88. The summed E-state index contributed by atoms with van der Waals surface area (Å²) in [6.45, 7) is 2.67. The SMILES string of the molecule is CCn1c(N=Cc2cccc([N+](=O)[O-])c2O)nc2ccccc21. The number of nitro benzene ring substituents is 1. The van der Waals surface area contributed by atoms with Gasteiger partial charge in [0.25, 0.3) is 0 Å². The number of benzene rings is 2. The van der Waals surface area contributed by atoms with Gasteiger partial charge >= 0.3 is 5.69 Å². The molecule has 0 amide bonds. The van der Waals surface area contributed by atoms with Crippen LogP contribution in [0.4, 0.5) is 11.6 Å². The van der Waals surface area contributed by atoms with Crippen LogP contribution >= 0.6 is 0 Å². The first-order valence-electron chi connectivity index (χ1n) is 7.07. The van der Waals surface area contributed by atoms with Crippen LogP contribution in [0.5, 0.6) is 5.75 Å². The summed E-state index contributed by atoms with van der Waals surface area (Å²) >= 11 is 0. The molecule has 0 spiro atoms. The normalized spacial score (nSPS) is 11.3. The number of imidazole rings is 1. The van der Waals surface area contributed by atoms with Gasteiger partial charge in [0.1, 0.15) is 0 Å². The zero-order valence-electron chi connectivity index (χ0n) is 12.4. The van der Waals surface area contributed by atoms with E-state index in [1.807, 2.05) is 35.8 Å². The predicted molar refractivity (Wildman–Crippen MR) is 87.4 cm³/mol. The molecule has 0 saturated carbocycles. The Bertz CT molecular complexity index is 915. The lowest BCUT2D eigenvalue weighted by Gasteiger charge is -2.02. The van der Waals surface area contributed by atoms with Crippen LogP contribution < -0.4 is 0 Å². The number of nitrogens with zero attached hydrogens (tertiary/aromatic N) is 4. The number of aromatic nitrogens is 2. The Hall–Kier alpha value is -3.22. The number of phenols is 1. The van der Waals surface area contributed by atoms with Crippen molar-refractivity contribution in [2.45, 2.75) is 13.5 Å². The van der Waals surface area contributed by atoms with E-state index in [1.54, 1.807) is 6.07 Å². The fourth-order valence-corrected chi connectivity index (χ4v) is 2.40. The first-order chi connectivity index (χ1) is 11.1. The highest BCUT2D eigenvalue weighted by Crippen LogP contribution is 2.29. The third-order valence-corrected chi connectivity index (χ3v) is 3.51. The molecular weight excluding hydrogens is 296 g/mol. The number of nitro groups is 1. The van der Waals surface area contributed by atoms with Crippen molar-refractivity contribution in [1.82, 2.24) is 9.55 Å². The predicted octanol–water partition coefficient (Wildman–Crippen LogP) is 3.42. The number of rotatable bonds is 4. The fraction of sp³-hybridized carbons (Fsp3) is 0.125. The first kappa shape index (κ1) is 14.7. The molecule has 2 aromatic carbocycles. The summed E-state index contributed by atoms with van der Waals surface area (Å²) in [6, 6.07) is 12.0. The third kappa shape index (κ3) is 2.64. The number of aromatic hydroxyl groups is 1. The summed E-state index contributed by atoms with van der Waals surface area (Å²) in [7, 11) is 0. The minimum absolute atomic E-state index is 0.272. The smallest absolute Gasteiger partial charge is 0.311 e. The van der Waals surface area contributed by atoms with Gasteiger partial charge in [-0.05, 0) is 25.1 Å². The van der Waals surface area contributed by atoms with E-state index < -0.39 is 10.7 Å². The van der Waals surface area contributed by atoms with Crippen LogP contribution in [0.2, 0.25) is 0 Å². The zero-order chi connectivity index (χ0) is 16.4. The van der Waals surface area contributed by atoms with Gasteiger partial charge in [-0.2, -0.15) is 0 Å². The van der Waals surface area contributed by atoms with Gasteiger partial charge in [-0.25, -0.2) is 9.98 Å². The first-order valence-corrected chi connectivity index (χ1v) is 7.07. The Balaban J connectivity index is 2.04. The summed E-state index contributed by atoms with van der Waals surface area (Å²) in [5.41, 5.74) is 1.71. The van der Waals surface area contributed by atoms with E-state index in [-0.39, 0.29) is 11.3 Å². The molecule has 0 aliphatic rings. The molecule has 0 aliphatic carbocycles. The van der Waals surface area contributed by atoms with E-state index in [0.717, 1.165) is 11.0 Å². The summed E-state index contributed by atoms with van der Waals surface area (Å²) in [5, 5.41) is 20.8. The topological polar surface area (TPSA) is 93.5 Å². The number of para-hydroxylation sites is 3. The molecule has 0 unspecified atom stereocenters. The van der Waals surface area contributed by atoms with E-state index in [1.165, 1.54) is 18.3 Å². The fourth-order valence-electron chi connectivity index (χ4n) is 2.40. The maximum Gasteiger partial charge on any atom is 0.311 e. The maximum atomic E-state index is 10.9. The quantitative estimate of drug-likeness (QED) is 0.454. The Labute approximate surface area is 131 Å². The Morgan fingerprint density at radius 3 is 2.83 bits per heavy atom. The number of phenolic OH excluding ortho intramolecular Hbond substituents is 1. The molecular formula is C16H14N4O3. The van der Waals surface area contributed by atoms with Crippen LogP contribution in [0.15, 0.2) is 47.5 Å². The lowest BCUT2D eigenvalue weighted by atomic mass is 10.2. The van der Waals surface area contributed by atoms with Crippen LogP contribution in [-0.4, -0.2) is 25.8 Å². The van der Waals surface area contributed by atoms with Crippen molar-refractivity contribution in [1.29, 1.82) is 0 Å². The summed E-state index contributed by atoms with van der Waals surface area (Å²) < 4.78 is 1.93. The molecule has 1 aromatic heterocycles. The highest BCUT2D eigenvalue weighted by Gasteiger charge is 2.15. The molecule has 7 nitrogen and oxygen atoms in total. The number of hydrogen-bond donors (Lipinski definition) is 1. The molecule has 1 heterocycles. The second kappa shape index (κ2) is 5.88. The average molecular weight is 310 g/mol. The minimum Gasteiger partial charge on any atom is -0.502 e. The van der Waals surface area contributed by atoms with Crippen molar-refractivity contribution in [3.63, 3.8) is 0 Å². The Morgan fingerprint density at radius 2 is 2.09 bits per heavy atom. The van der Waals surface area contributed by atoms with Crippen molar-refractivity contribution in [3.8, 4) is 5.75 Å². The van der Waals surface area contributed by atoms with Gasteiger partial charge in [-0.3, -0.25) is 10.1 Å². The van der Waals surface area contributed by atoms with Crippen molar-refractivity contribution in [2.75, 3.05) is 0 Å². The molecule has 0 atom stereocenters. The van der Waals surface area contributed by atoms with Crippen molar-refractivity contribution in [3.05, 3.63) is 58.1 Å². The van der Waals surface area contributed by atoms with Crippen LogP contribution in [0.1, 0.15) is 12.5 Å². The van der Waals surface area contributed by atoms with Crippen molar-refractivity contribution < 1.29 is 10.0 Å². The van der Waals surface area contributed by atoms with E-state index >= 15 is 0 Å². The van der Waals surface area contributed by atoms with Crippen LogP contribution in [0, 0.1) is 10.1 Å². The van der Waals surface area contributed by atoms with Crippen LogP contribution in [0.3, 0.4) is 0 Å². The standard InChI is InChI=1S/C16H14N4O3/c1-2-19-13-8-4-3-7-12(13)18-16(19)17-10-11-6-5-9-14(15(11)21)20(22)23/h3-10,21H,2H2,1H3. The monoisotopic (exact) mass is 310 g/mol. The molecule has 7 heteroatoms. The number of aliphatic imine (C=N–C) groups is 1. The molecule has 23 heavy (non-hydrogen) atoms. The highest BCUT2D eigenvalue weighted by atomic mass is 16.6. The third-order valence-electron chi connectivity index (χ3n) is 3.51. The average Bonchev–Trinajstić information content (AvgIpc) is 2.91. The summed E-state index contributed by atoms with van der Waals surface area (Å²) in [6.07, 6.45) is 1.38. The Kier molecular flexibility index (Phi) is 3.76. The molecule has 0 bridgehead atoms. The van der Waals surface area contributed by atoms with E-state index in [9.17, 15) is 15.2 Å². The molecule has 1 N–H and O–H groups in total. The van der Waals surface area contributed by atoms with Gasteiger partial charge in [0.05, 0.1) is 16.0 Å². The molecule has 0 aliphatic heterocycles. The molecule has 0 saturated heterocycles. The summed E-state index contributed by atoms with van der Waals surface area (Å²) in [4.78, 5) is 18.9. The highest BCUT2D eigenvalue weighted by molar-refractivity contribution is 5.87. The molecule has 0 fully saturated rings. The van der Waals surface area contributed by atoms with Crippen molar-refractivity contribution >= 4 is 28.9 Å². The van der Waals surface area contributed by atoms with Gasteiger partial charge in [0, 0.05) is 24.4 Å². The zero-order valence-corrected chi connectivity index (χ0v) is 12.4. The van der Waals surface area contributed by atoms with E-state index in [0.29, 0.717) is 12.5 Å². The van der Waals surface area contributed by atoms with Gasteiger partial charge < -0.3 is 9.67 Å². The second-order valence-corrected chi connectivity index (χ2v) is 4.88. The maximum absolute atomic E-state index is 10.9.